The third-order valence-corrected chi connectivity index (χ3v) is 5.15. The fourth-order valence-electron chi connectivity index (χ4n) is 2.73. The van der Waals surface area contributed by atoms with Crippen molar-refractivity contribution in [1.82, 2.24) is 5.32 Å². The van der Waals surface area contributed by atoms with Crippen LogP contribution < -0.4 is 9.50 Å². The first kappa shape index (κ1) is 26.8. The average Bonchev–Trinajstić information content (AvgIpc) is 3.11. The van der Waals surface area contributed by atoms with Gasteiger partial charge in [0.1, 0.15) is 22.9 Å². The molecule has 34 heavy (non-hydrogen) atoms. The van der Waals surface area contributed by atoms with E-state index in [-0.39, 0.29) is 33.4 Å². The lowest BCUT2D eigenvalue weighted by Gasteiger charge is -2.12. The SMILES string of the molecule is CNC.COC(=O)Cc1cc2oc(-c3ccc(F)cc3)c(C=O)c2cc1OS(=O)(=O)C(F)(F)F. The molecule has 0 aliphatic rings. The second-order valence-electron chi connectivity index (χ2n) is 6.66. The second-order valence-corrected chi connectivity index (χ2v) is 8.20. The number of benzene rings is 2. The lowest BCUT2D eigenvalue weighted by atomic mass is 10.0. The molecule has 1 N–H and O–H groups in total. The number of fused-ring (bicyclic) bond motifs is 1. The van der Waals surface area contributed by atoms with Crippen molar-refractivity contribution in [3.63, 3.8) is 0 Å². The molecule has 0 bridgehead atoms. The Bertz CT molecular complexity index is 1280. The molecule has 0 spiro atoms. The maximum atomic E-state index is 13.2. The van der Waals surface area contributed by atoms with Gasteiger partial charge in [-0.1, -0.05) is 0 Å². The highest BCUT2D eigenvalue weighted by atomic mass is 32.2. The molecule has 1 heterocycles. The van der Waals surface area contributed by atoms with Crippen LogP contribution in [0.3, 0.4) is 0 Å². The van der Waals surface area contributed by atoms with Crippen molar-refractivity contribution in [2.45, 2.75) is 11.9 Å². The third kappa shape index (κ3) is 5.91. The quantitative estimate of drug-likeness (QED) is 0.177. The molecule has 184 valence electrons. The average molecular weight is 505 g/mol. The van der Waals surface area contributed by atoms with Gasteiger partial charge >= 0.3 is 21.6 Å². The molecule has 0 atom stereocenters. The van der Waals surface area contributed by atoms with Gasteiger partial charge in [-0.2, -0.15) is 21.6 Å². The van der Waals surface area contributed by atoms with E-state index in [0.29, 0.717) is 6.29 Å². The van der Waals surface area contributed by atoms with E-state index in [0.717, 1.165) is 31.4 Å². The number of methoxy groups -OCH3 is 1. The Hall–Kier alpha value is -3.45. The molecule has 8 nitrogen and oxygen atoms in total. The summed E-state index contributed by atoms with van der Waals surface area (Å²) in [6.07, 6.45) is -0.301. The van der Waals surface area contributed by atoms with Gasteiger partial charge in [0.25, 0.3) is 0 Å². The molecule has 0 aliphatic heterocycles. The minimum absolute atomic E-state index is 0.0372. The number of furan rings is 1. The maximum Gasteiger partial charge on any atom is 0.534 e. The Morgan fingerprint density at radius 2 is 1.74 bits per heavy atom. The molecule has 0 amide bonds. The van der Waals surface area contributed by atoms with Crippen LogP contribution in [-0.4, -0.2) is 47.4 Å². The van der Waals surface area contributed by atoms with Gasteiger partial charge in [0.2, 0.25) is 0 Å². The standard InChI is InChI=1S/C19H12F4O7S.C2H7N/c1-28-17(25)7-11-6-16-13(8-15(11)30-31(26,27)19(21,22)23)14(9-24)18(29-16)10-2-4-12(20)5-3-10;1-3-2/h2-6,8-9H,7H2,1H3;3H,1-2H3. The summed E-state index contributed by atoms with van der Waals surface area (Å²) in [7, 11) is -1.29. The first-order valence-corrected chi connectivity index (χ1v) is 10.8. The van der Waals surface area contributed by atoms with Crippen molar-refractivity contribution >= 4 is 33.3 Å². The van der Waals surface area contributed by atoms with Crippen LogP contribution in [0.2, 0.25) is 0 Å². The number of carbonyl (C=O) groups is 2. The highest BCUT2D eigenvalue weighted by Gasteiger charge is 2.49. The summed E-state index contributed by atoms with van der Waals surface area (Å²) >= 11 is 0. The van der Waals surface area contributed by atoms with E-state index in [1.165, 1.54) is 12.1 Å². The monoisotopic (exact) mass is 505 g/mol. The molecule has 0 saturated heterocycles. The van der Waals surface area contributed by atoms with Crippen molar-refractivity contribution < 1.29 is 48.9 Å². The number of halogens is 4. The van der Waals surface area contributed by atoms with Crippen molar-refractivity contribution in [2.75, 3.05) is 21.2 Å². The number of hydrogen-bond acceptors (Lipinski definition) is 8. The number of nitrogens with one attached hydrogen (secondary N) is 1. The molecule has 3 rings (SSSR count). The topological polar surface area (TPSA) is 112 Å². The van der Waals surface area contributed by atoms with Crippen LogP contribution in [0.25, 0.3) is 22.3 Å². The summed E-state index contributed by atoms with van der Waals surface area (Å²) in [6, 6.07) is 6.72. The molecule has 0 fully saturated rings. The van der Waals surface area contributed by atoms with Gasteiger partial charge < -0.3 is 18.7 Å². The van der Waals surface area contributed by atoms with Crippen LogP contribution in [0.4, 0.5) is 17.6 Å². The van der Waals surface area contributed by atoms with Gasteiger partial charge in [-0.3, -0.25) is 9.59 Å². The summed E-state index contributed by atoms with van der Waals surface area (Å²) in [5, 5.41) is 2.68. The first-order chi connectivity index (χ1) is 15.9. The Morgan fingerprint density at radius 1 is 1.15 bits per heavy atom. The Kier molecular flexibility index (Phi) is 8.40. The lowest BCUT2D eigenvalue weighted by molar-refractivity contribution is -0.139. The number of hydrogen-bond donors (Lipinski definition) is 1. The summed E-state index contributed by atoms with van der Waals surface area (Å²) in [5.74, 6) is -2.31. The molecule has 3 aromatic rings. The normalized spacial score (nSPS) is 11.5. The minimum Gasteiger partial charge on any atom is -0.469 e. The predicted molar refractivity (Wildman–Crippen MR) is 113 cm³/mol. The number of aldehydes is 1. The zero-order valence-corrected chi connectivity index (χ0v) is 18.8. The van der Waals surface area contributed by atoms with Crippen molar-refractivity contribution in [3.05, 3.63) is 53.3 Å². The van der Waals surface area contributed by atoms with E-state index in [9.17, 15) is 35.6 Å². The summed E-state index contributed by atoms with van der Waals surface area (Å²) in [4.78, 5) is 23.3. The van der Waals surface area contributed by atoms with Crippen molar-refractivity contribution in [2.24, 2.45) is 0 Å². The smallest absolute Gasteiger partial charge is 0.469 e. The summed E-state index contributed by atoms with van der Waals surface area (Å²) < 4.78 is 88.8. The largest absolute Gasteiger partial charge is 0.534 e. The first-order valence-electron chi connectivity index (χ1n) is 9.35. The van der Waals surface area contributed by atoms with Gasteiger partial charge in [-0.25, -0.2) is 4.39 Å². The van der Waals surface area contributed by atoms with Crippen molar-refractivity contribution in [1.29, 1.82) is 0 Å². The molecule has 1 aromatic heterocycles. The highest BCUT2D eigenvalue weighted by Crippen LogP contribution is 2.38. The molecule has 0 aliphatic carbocycles. The Morgan fingerprint density at radius 3 is 2.24 bits per heavy atom. The summed E-state index contributed by atoms with van der Waals surface area (Å²) in [6.45, 7) is 0. The van der Waals surface area contributed by atoms with E-state index in [1.807, 2.05) is 14.1 Å². The number of carbonyl (C=O) groups excluding carboxylic acids is 2. The predicted octanol–water partition coefficient (Wildman–Crippen LogP) is 3.83. The van der Waals surface area contributed by atoms with Gasteiger partial charge in [-0.05, 0) is 50.5 Å². The zero-order valence-electron chi connectivity index (χ0n) is 18.0. The fraction of sp³-hybridized carbons (Fsp3) is 0.238. The Balaban J connectivity index is 0.00000129. The van der Waals surface area contributed by atoms with Gasteiger partial charge in [0.15, 0.2) is 6.29 Å². The van der Waals surface area contributed by atoms with Crippen LogP contribution >= 0.6 is 0 Å². The van der Waals surface area contributed by atoms with Crippen LogP contribution in [0, 0.1) is 5.82 Å². The molecular weight excluding hydrogens is 486 g/mol. The molecule has 2 aromatic carbocycles. The van der Waals surface area contributed by atoms with E-state index in [1.54, 1.807) is 0 Å². The van der Waals surface area contributed by atoms with Gasteiger partial charge in [0.05, 0.1) is 19.1 Å². The number of ether oxygens (including phenoxy) is 1. The van der Waals surface area contributed by atoms with Crippen molar-refractivity contribution in [3.8, 4) is 17.1 Å². The Labute approximate surface area is 191 Å². The van der Waals surface area contributed by atoms with Crippen LogP contribution in [0.5, 0.6) is 5.75 Å². The second kappa shape index (κ2) is 10.7. The van der Waals surface area contributed by atoms with Gasteiger partial charge in [0, 0.05) is 16.5 Å². The number of rotatable bonds is 6. The molecular formula is C21H19F4NO7S. The molecule has 13 heteroatoms. The summed E-state index contributed by atoms with van der Waals surface area (Å²) in [5.41, 5.74) is -5.92. The van der Waals surface area contributed by atoms with Crippen LogP contribution in [0.15, 0.2) is 40.8 Å². The van der Waals surface area contributed by atoms with E-state index >= 15 is 0 Å². The molecule has 0 radical (unpaired) electrons. The number of alkyl halides is 3. The minimum atomic E-state index is -6.07. The van der Waals surface area contributed by atoms with Crippen LogP contribution in [-0.2, 0) is 26.1 Å². The molecule has 0 saturated carbocycles. The number of esters is 1. The van der Waals surface area contributed by atoms with E-state index in [2.05, 4.69) is 14.2 Å². The van der Waals surface area contributed by atoms with E-state index < -0.39 is 39.6 Å². The molecule has 0 unspecified atom stereocenters. The zero-order chi connectivity index (χ0) is 25.7. The maximum absolute atomic E-state index is 13.2. The van der Waals surface area contributed by atoms with E-state index in [4.69, 9.17) is 4.42 Å². The van der Waals surface area contributed by atoms with Crippen LogP contribution in [0.1, 0.15) is 15.9 Å². The third-order valence-electron chi connectivity index (χ3n) is 4.18. The lowest BCUT2D eigenvalue weighted by Crippen LogP contribution is -2.28. The van der Waals surface area contributed by atoms with Gasteiger partial charge in [-0.15, -0.1) is 0 Å². The highest BCUT2D eigenvalue weighted by molar-refractivity contribution is 7.88. The fourth-order valence-corrected chi connectivity index (χ4v) is 3.21.